The Morgan fingerprint density at radius 2 is 1.80 bits per heavy atom. The van der Waals surface area contributed by atoms with Crippen LogP contribution in [0.25, 0.3) is 0 Å². The molecule has 1 saturated carbocycles. The smallest absolute Gasteiger partial charge is 0.306 e. The molecule has 0 aromatic heterocycles. The molecule has 3 saturated heterocycles. The highest BCUT2D eigenvalue weighted by Gasteiger charge is 2.76. The summed E-state index contributed by atoms with van der Waals surface area (Å²) in [5, 5.41) is 50.7. The average molecular weight is 497 g/mol. The lowest BCUT2D eigenvalue weighted by atomic mass is 9.83. The van der Waals surface area contributed by atoms with E-state index in [4.69, 9.17) is 23.7 Å². The Labute approximate surface area is 202 Å². The molecule has 3 aliphatic heterocycles. The van der Waals surface area contributed by atoms with Crippen LogP contribution in [0.4, 0.5) is 0 Å². The second-order valence-corrected chi connectivity index (χ2v) is 9.68. The van der Waals surface area contributed by atoms with Gasteiger partial charge in [-0.2, -0.15) is 0 Å². The molecule has 0 unspecified atom stereocenters. The lowest BCUT2D eigenvalue weighted by molar-refractivity contribution is -0.356. The number of carbonyl (C=O) groups is 1. The van der Waals surface area contributed by atoms with Gasteiger partial charge in [0, 0.05) is 12.3 Å². The predicted molar refractivity (Wildman–Crippen MR) is 116 cm³/mol. The fourth-order valence-corrected chi connectivity index (χ4v) is 5.64. The van der Waals surface area contributed by atoms with Crippen molar-refractivity contribution in [2.24, 2.45) is 11.8 Å². The minimum absolute atomic E-state index is 0.0819. The predicted octanol–water partition coefficient (Wildman–Crippen LogP) is -1.53. The maximum Gasteiger partial charge on any atom is 0.306 e. The summed E-state index contributed by atoms with van der Waals surface area (Å²) in [6.07, 6.45) is -8.28. The molecular formula is C24H32O11. The first-order valence-corrected chi connectivity index (χ1v) is 12.0. The lowest BCUT2D eigenvalue weighted by Gasteiger charge is -2.44. The van der Waals surface area contributed by atoms with Gasteiger partial charge < -0.3 is 49.2 Å². The second-order valence-electron chi connectivity index (χ2n) is 9.68. The summed E-state index contributed by atoms with van der Waals surface area (Å²) in [7, 11) is 0. The van der Waals surface area contributed by atoms with Crippen LogP contribution < -0.4 is 0 Å². The Morgan fingerprint density at radius 3 is 2.54 bits per heavy atom. The zero-order chi connectivity index (χ0) is 24.7. The van der Waals surface area contributed by atoms with Gasteiger partial charge in [0.05, 0.1) is 25.2 Å². The van der Waals surface area contributed by atoms with E-state index in [0.29, 0.717) is 12.8 Å². The third-order valence-electron chi connectivity index (χ3n) is 7.61. The van der Waals surface area contributed by atoms with Crippen LogP contribution in [0.5, 0.6) is 0 Å². The molecule has 4 fully saturated rings. The van der Waals surface area contributed by atoms with Crippen LogP contribution in [0.3, 0.4) is 0 Å². The van der Waals surface area contributed by atoms with E-state index in [2.05, 4.69) is 0 Å². The third-order valence-corrected chi connectivity index (χ3v) is 7.61. The van der Waals surface area contributed by atoms with Crippen molar-refractivity contribution in [2.75, 3.05) is 19.8 Å². The van der Waals surface area contributed by atoms with E-state index < -0.39 is 73.3 Å². The summed E-state index contributed by atoms with van der Waals surface area (Å²) < 4.78 is 28.5. The molecule has 1 aromatic rings. The van der Waals surface area contributed by atoms with Gasteiger partial charge in [0.2, 0.25) is 0 Å². The van der Waals surface area contributed by atoms with E-state index >= 15 is 0 Å². The first kappa shape index (κ1) is 25.0. The van der Waals surface area contributed by atoms with Crippen molar-refractivity contribution < 1.29 is 54.0 Å². The number of ether oxygens (including phenoxy) is 5. The SMILES string of the molecule is O=C(CCc1ccccc1)OC[C@]12O[C@H]1[C@@H](O)[C@@H]1CCO[C@@H](O[C@@H]3O[C@H](CO)[C@@H](O)[C@H](O)[C@H]3O)[C@@H]12. The fourth-order valence-electron chi connectivity index (χ4n) is 5.64. The van der Waals surface area contributed by atoms with Crippen LogP contribution >= 0.6 is 0 Å². The molecule has 35 heavy (non-hydrogen) atoms. The molecule has 3 heterocycles. The monoisotopic (exact) mass is 496 g/mol. The van der Waals surface area contributed by atoms with Gasteiger partial charge >= 0.3 is 5.97 Å². The summed E-state index contributed by atoms with van der Waals surface area (Å²) in [6.45, 7) is -0.392. The molecule has 4 aliphatic rings. The van der Waals surface area contributed by atoms with Crippen molar-refractivity contribution >= 4 is 5.97 Å². The molecule has 1 aromatic carbocycles. The number of carbonyl (C=O) groups excluding carboxylic acids is 1. The fraction of sp³-hybridized carbons (Fsp3) is 0.708. The molecule has 0 radical (unpaired) electrons. The van der Waals surface area contributed by atoms with Crippen molar-refractivity contribution in [1.29, 1.82) is 0 Å². The number of aryl methyl sites for hydroxylation is 1. The number of epoxide rings is 1. The van der Waals surface area contributed by atoms with Crippen molar-refractivity contribution in [3.8, 4) is 0 Å². The van der Waals surface area contributed by atoms with Crippen LogP contribution in [0.1, 0.15) is 18.4 Å². The summed E-state index contributed by atoms with van der Waals surface area (Å²) in [4.78, 5) is 12.4. The maximum atomic E-state index is 12.4. The van der Waals surface area contributed by atoms with E-state index in [1.807, 2.05) is 30.3 Å². The maximum absolute atomic E-state index is 12.4. The van der Waals surface area contributed by atoms with Gasteiger partial charge in [-0.1, -0.05) is 30.3 Å². The van der Waals surface area contributed by atoms with Gasteiger partial charge in [0.25, 0.3) is 0 Å². The van der Waals surface area contributed by atoms with E-state index in [1.54, 1.807) is 0 Å². The van der Waals surface area contributed by atoms with Crippen molar-refractivity contribution in [1.82, 2.24) is 0 Å². The van der Waals surface area contributed by atoms with E-state index in [1.165, 1.54) is 0 Å². The molecule has 0 bridgehead atoms. The Hall–Kier alpha value is -1.67. The van der Waals surface area contributed by atoms with Gasteiger partial charge in [0.15, 0.2) is 12.6 Å². The van der Waals surface area contributed by atoms with Crippen molar-refractivity contribution in [3.63, 3.8) is 0 Å². The van der Waals surface area contributed by atoms with Gasteiger partial charge in [0.1, 0.15) is 42.7 Å². The number of fused-ring (bicyclic) bond motifs is 3. The van der Waals surface area contributed by atoms with E-state index in [9.17, 15) is 30.3 Å². The standard InChI is InChI=1S/C24H32O11/c25-10-14-18(28)19(29)20(30)23(33-14)34-22-16-13(8-9-31-22)17(27)21-24(16,35-21)11-32-15(26)7-6-12-4-2-1-3-5-12/h1-5,13-14,16-23,25,27-30H,6-11H2/t13-,14-,16-,17+,18-,19+,20-,21+,22+,23+,24-/m1/s1. The summed E-state index contributed by atoms with van der Waals surface area (Å²) >= 11 is 0. The quantitative estimate of drug-likeness (QED) is 0.209. The topological polar surface area (TPSA) is 168 Å². The highest BCUT2D eigenvalue weighted by molar-refractivity contribution is 5.69. The van der Waals surface area contributed by atoms with Crippen LogP contribution in [0, 0.1) is 11.8 Å². The Balaban J connectivity index is 1.24. The molecule has 0 amide bonds. The zero-order valence-corrected chi connectivity index (χ0v) is 19.1. The molecule has 11 atom stereocenters. The van der Waals surface area contributed by atoms with Crippen LogP contribution in [0.15, 0.2) is 30.3 Å². The van der Waals surface area contributed by atoms with Crippen molar-refractivity contribution in [2.45, 2.75) is 74.1 Å². The second kappa shape index (κ2) is 10.0. The molecule has 5 N–H and O–H groups in total. The first-order valence-electron chi connectivity index (χ1n) is 12.0. The molecule has 1 aliphatic carbocycles. The highest BCUT2D eigenvalue weighted by atomic mass is 16.8. The number of benzene rings is 1. The summed E-state index contributed by atoms with van der Waals surface area (Å²) in [5.74, 6) is -1.16. The summed E-state index contributed by atoms with van der Waals surface area (Å²) in [6, 6.07) is 9.58. The summed E-state index contributed by atoms with van der Waals surface area (Å²) in [5.41, 5.74) is 0.0271. The number of aliphatic hydroxyl groups is 5. The van der Waals surface area contributed by atoms with Gasteiger partial charge in [-0.15, -0.1) is 0 Å². The minimum Gasteiger partial charge on any atom is -0.462 e. The molecule has 0 spiro atoms. The minimum atomic E-state index is -1.59. The molecule has 11 nitrogen and oxygen atoms in total. The van der Waals surface area contributed by atoms with Crippen LogP contribution in [-0.2, 0) is 34.9 Å². The first-order chi connectivity index (χ1) is 16.9. The Kier molecular flexibility index (Phi) is 7.14. The Bertz CT molecular complexity index is 881. The molecule has 194 valence electrons. The number of hydrogen-bond donors (Lipinski definition) is 5. The largest absolute Gasteiger partial charge is 0.462 e. The van der Waals surface area contributed by atoms with Crippen molar-refractivity contribution in [3.05, 3.63) is 35.9 Å². The highest BCUT2D eigenvalue weighted by Crippen LogP contribution is 2.60. The van der Waals surface area contributed by atoms with Gasteiger partial charge in [-0.25, -0.2) is 0 Å². The number of esters is 1. The van der Waals surface area contributed by atoms with Crippen LogP contribution in [-0.4, -0.2) is 106 Å². The Morgan fingerprint density at radius 1 is 1.03 bits per heavy atom. The third kappa shape index (κ3) is 4.61. The van der Waals surface area contributed by atoms with E-state index in [-0.39, 0.29) is 25.6 Å². The molecule has 11 heteroatoms. The normalized spacial score (nSPS) is 44.4. The number of rotatable bonds is 8. The van der Waals surface area contributed by atoms with Gasteiger partial charge in [-0.3, -0.25) is 4.79 Å². The average Bonchev–Trinajstić information content (AvgIpc) is 3.56. The van der Waals surface area contributed by atoms with Crippen LogP contribution in [0.2, 0.25) is 0 Å². The van der Waals surface area contributed by atoms with E-state index in [0.717, 1.165) is 5.56 Å². The lowest BCUT2D eigenvalue weighted by Crippen LogP contribution is -2.61. The molecule has 5 rings (SSSR count). The molecular weight excluding hydrogens is 464 g/mol. The number of aliphatic hydroxyl groups excluding tert-OH is 5. The zero-order valence-electron chi connectivity index (χ0n) is 19.1. The number of hydrogen-bond acceptors (Lipinski definition) is 11. The van der Waals surface area contributed by atoms with Gasteiger partial charge in [-0.05, 0) is 18.4 Å².